The maximum atomic E-state index is 12.3. The molecule has 1 amide bonds. The number of likely N-dealkylation sites (N-methyl/N-ethyl adjacent to an activating group) is 1. The summed E-state index contributed by atoms with van der Waals surface area (Å²) in [6.07, 6.45) is 0.546. The molecule has 4 rings (SSSR count). The van der Waals surface area contributed by atoms with E-state index in [2.05, 4.69) is 9.88 Å². The third kappa shape index (κ3) is 2.56. The Hall–Kier alpha value is -2.05. The highest BCUT2D eigenvalue weighted by Gasteiger charge is 2.48. The number of aromatic amines is 1. The second kappa shape index (κ2) is 5.50. The normalized spacial score (nSPS) is 24.2. The van der Waals surface area contributed by atoms with Gasteiger partial charge in [0.25, 0.3) is 0 Å². The molecule has 24 heavy (non-hydrogen) atoms. The molecule has 1 atom stereocenters. The minimum absolute atomic E-state index is 0.0396. The van der Waals surface area contributed by atoms with Crippen LogP contribution in [0.3, 0.4) is 0 Å². The van der Waals surface area contributed by atoms with Crippen molar-refractivity contribution in [3.8, 4) is 0 Å². The van der Waals surface area contributed by atoms with Gasteiger partial charge in [0.05, 0.1) is 17.1 Å². The smallest absolute Gasteiger partial charge is 0.410 e. The van der Waals surface area contributed by atoms with Gasteiger partial charge in [-0.1, -0.05) is 17.7 Å². The number of halogens is 1. The fourth-order valence-corrected chi connectivity index (χ4v) is 3.90. The van der Waals surface area contributed by atoms with Gasteiger partial charge < -0.3 is 14.6 Å². The van der Waals surface area contributed by atoms with E-state index in [1.54, 1.807) is 36.2 Å². The second-order valence-electron chi connectivity index (χ2n) is 6.69. The predicted molar refractivity (Wildman–Crippen MR) is 91.3 cm³/mol. The number of benzene rings is 1. The summed E-state index contributed by atoms with van der Waals surface area (Å²) in [5, 5.41) is 1.13. The van der Waals surface area contributed by atoms with Crippen LogP contribution in [-0.4, -0.2) is 53.2 Å². The molecule has 1 N–H and O–H groups in total. The van der Waals surface area contributed by atoms with Crippen molar-refractivity contribution >= 4 is 28.6 Å². The van der Waals surface area contributed by atoms with Crippen LogP contribution in [0.25, 0.3) is 10.9 Å². The minimum Gasteiger partial charge on any atom is -0.439 e. The molecule has 3 heterocycles. The number of ether oxygens (including phenoxy) is 1. The van der Waals surface area contributed by atoms with Crippen LogP contribution in [0, 0.1) is 0 Å². The molecule has 2 aromatic rings. The summed E-state index contributed by atoms with van der Waals surface area (Å²) in [7, 11) is 1.75. The predicted octanol–water partition coefficient (Wildman–Crippen LogP) is 2.21. The standard InChI is InChI=1S/C17H18ClN3O3/c1-20-9-17(24-16(20)23)5-6-21(10-17)8-11-7-14(22)12-3-2-4-13(18)15(12)19-11/h2-4,7H,5-6,8-10H2,1H3,(H,19,22). The lowest BCUT2D eigenvalue weighted by Gasteiger charge is -2.21. The van der Waals surface area contributed by atoms with Gasteiger partial charge in [0.15, 0.2) is 5.43 Å². The first-order valence-electron chi connectivity index (χ1n) is 7.93. The molecule has 1 spiro atoms. The Bertz CT molecular complexity index is 881. The highest BCUT2D eigenvalue weighted by molar-refractivity contribution is 6.35. The number of likely N-dealkylation sites (tertiary alicyclic amines) is 1. The molecule has 0 bridgehead atoms. The van der Waals surface area contributed by atoms with Crippen LogP contribution < -0.4 is 5.43 Å². The minimum atomic E-state index is -0.416. The number of rotatable bonds is 2. The Kier molecular flexibility index (Phi) is 3.54. The van der Waals surface area contributed by atoms with Gasteiger partial charge in [0.1, 0.15) is 5.60 Å². The third-order valence-electron chi connectivity index (χ3n) is 4.80. The molecule has 1 aromatic heterocycles. The molecular formula is C17H18ClN3O3. The van der Waals surface area contributed by atoms with E-state index in [0.717, 1.165) is 18.7 Å². The Balaban J connectivity index is 1.57. The van der Waals surface area contributed by atoms with Gasteiger partial charge in [-0.3, -0.25) is 9.69 Å². The van der Waals surface area contributed by atoms with E-state index in [0.29, 0.717) is 35.6 Å². The van der Waals surface area contributed by atoms with E-state index in [9.17, 15) is 9.59 Å². The largest absolute Gasteiger partial charge is 0.439 e. The van der Waals surface area contributed by atoms with Gasteiger partial charge in [0, 0.05) is 50.2 Å². The summed E-state index contributed by atoms with van der Waals surface area (Å²) in [4.78, 5) is 31.0. The Morgan fingerprint density at radius 1 is 1.33 bits per heavy atom. The van der Waals surface area contributed by atoms with Crippen LogP contribution >= 0.6 is 11.6 Å². The molecule has 6 nitrogen and oxygen atoms in total. The first-order chi connectivity index (χ1) is 11.5. The van der Waals surface area contributed by atoms with Crippen molar-refractivity contribution in [2.45, 2.75) is 18.6 Å². The lowest BCUT2D eigenvalue weighted by molar-refractivity contribution is 0.0626. The number of nitrogens with one attached hydrogen (secondary N) is 1. The van der Waals surface area contributed by atoms with Gasteiger partial charge >= 0.3 is 6.09 Å². The molecular weight excluding hydrogens is 330 g/mol. The summed E-state index contributed by atoms with van der Waals surface area (Å²) in [6.45, 7) is 2.71. The van der Waals surface area contributed by atoms with E-state index in [1.807, 2.05) is 0 Å². The van der Waals surface area contributed by atoms with E-state index in [4.69, 9.17) is 16.3 Å². The number of amides is 1. The Morgan fingerprint density at radius 3 is 2.92 bits per heavy atom. The first-order valence-corrected chi connectivity index (χ1v) is 8.30. The lowest BCUT2D eigenvalue weighted by Crippen LogP contribution is -2.37. The first kappa shape index (κ1) is 15.5. The fraction of sp³-hybridized carbons (Fsp3) is 0.412. The molecule has 0 radical (unpaired) electrons. The monoisotopic (exact) mass is 347 g/mol. The van der Waals surface area contributed by atoms with Crippen molar-refractivity contribution in [2.75, 3.05) is 26.7 Å². The summed E-state index contributed by atoms with van der Waals surface area (Å²) in [5.41, 5.74) is 1.03. The van der Waals surface area contributed by atoms with Crippen LogP contribution in [0.1, 0.15) is 12.1 Å². The van der Waals surface area contributed by atoms with Gasteiger partial charge in [-0.05, 0) is 12.1 Å². The van der Waals surface area contributed by atoms with Crippen molar-refractivity contribution in [3.05, 3.63) is 45.2 Å². The highest BCUT2D eigenvalue weighted by atomic mass is 35.5. The summed E-state index contributed by atoms with van der Waals surface area (Å²) in [6, 6.07) is 6.93. The highest BCUT2D eigenvalue weighted by Crippen LogP contribution is 2.32. The maximum absolute atomic E-state index is 12.3. The van der Waals surface area contributed by atoms with Crippen LogP contribution in [0.5, 0.6) is 0 Å². The number of aromatic nitrogens is 1. The van der Waals surface area contributed by atoms with E-state index < -0.39 is 5.60 Å². The SMILES string of the molecule is CN1CC2(CCN(Cc3cc(=O)c4cccc(Cl)c4[nH]3)C2)OC1=O. The zero-order valence-corrected chi connectivity index (χ0v) is 14.1. The number of para-hydroxylation sites is 1. The van der Waals surface area contributed by atoms with Crippen LogP contribution in [0.4, 0.5) is 4.79 Å². The molecule has 2 fully saturated rings. The molecule has 0 saturated carbocycles. The Labute approximate surface area is 144 Å². The van der Waals surface area contributed by atoms with E-state index in [-0.39, 0.29) is 11.5 Å². The summed E-state index contributed by atoms with van der Waals surface area (Å²) >= 11 is 6.20. The molecule has 7 heteroatoms. The molecule has 2 aliphatic heterocycles. The lowest BCUT2D eigenvalue weighted by atomic mass is 10.0. The number of H-pyrrole nitrogens is 1. The van der Waals surface area contributed by atoms with Crippen LogP contribution in [0.15, 0.2) is 29.1 Å². The van der Waals surface area contributed by atoms with E-state index >= 15 is 0 Å². The number of pyridine rings is 1. The van der Waals surface area contributed by atoms with Crippen molar-refractivity contribution in [1.82, 2.24) is 14.8 Å². The van der Waals surface area contributed by atoms with Crippen LogP contribution in [-0.2, 0) is 11.3 Å². The van der Waals surface area contributed by atoms with Crippen molar-refractivity contribution in [3.63, 3.8) is 0 Å². The average Bonchev–Trinajstić information content (AvgIpc) is 3.03. The van der Waals surface area contributed by atoms with Crippen LogP contribution in [0.2, 0.25) is 5.02 Å². The summed E-state index contributed by atoms with van der Waals surface area (Å²) in [5.74, 6) is 0. The maximum Gasteiger partial charge on any atom is 0.410 e. The zero-order valence-electron chi connectivity index (χ0n) is 13.3. The Morgan fingerprint density at radius 2 is 2.17 bits per heavy atom. The van der Waals surface area contributed by atoms with Crippen molar-refractivity contribution < 1.29 is 9.53 Å². The fourth-order valence-electron chi connectivity index (χ4n) is 3.68. The third-order valence-corrected chi connectivity index (χ3v) is 5.12. The second-order valence-corrected chi connectivity index (χ2v) is 7.10. The zero-order chi connectivity index (χ0) is 16.9. The quantitative estimate of drug-likeness (QED) is 0.904. The number of hydrogen-bond acceptors (Lipinski definition) is 4. The molecule has 126 valence electrons. The molecule has 1 aromatic carbocycles. The number of carbonyl (C=O) groups excluding carboxylic acids is 1. The number of hydrogen-bond donors (Lipinski definition) is 1. The molecule has 0 aliphatic carbocycles. The van der Waals surface area contributed by atoms with Gasteiger partial charge in [0.2, 0.25) is 0 Å². The number of fused-ring (bicyclic) bond motifs is 1. The van der Waals surface area contributed by atoms with Crippen molar-refractivity contribution in [1.29, 1.82) is 0 Å². The van der Waals surface area contributed by atoms with Gasteiger partial charge in [-0.15, -0.1) is 0 Å². The van der Waals surface area contributed by atoms with Gasteiger partial charge in [-0.2, -0.15) is 0 Å². The number of carbonyl (C=O) groups is 1. The van der Waals surface area contributed by atoms with E-state index in [1.165, 1.54) is 0 Å². The molecule has 2 saturated heterocycles. The van der Waals surface area contributed by atoms with Crippen molar-refractivity contribution in [2.24, 2.45) is 0 Å². The van der Waals surface area contributed by atoms with Gasteiger partial charge in [-0.25, -0.2) is 4.79 Å². The molecule has 2 aliphatic rings. The average molecular weight is 348 g/mol. The number of nitrogens with zero attached hydrogens (tertiary/aromatic N) is 2. The topological polar surface area (TPSA) is 65.6 Å². The summed E-state index contributed by atoms with van der Waals surface area (Å²) < 4.78 is 5.56. The molecule has 1 unspecified atom stereocenters.